The van der Waals surface area contributed by atoms with Gasteiger partial charge < -0.3 is 0 Å². The van der Waals surface area contributed by atoms with Crippen molar-refractivity contribution in [2.45, 2.75) is 0 Å². The standard InChI is InChI=1S/C39H26N2/c1-3-14-27(15-4-1)29-18-13-19-30(26-29)37-31-20-7-9-22-33(31)38(34-23-10-8-21-32(34)37)41-36-25-12-11-24-35(36)40-39(41)28-16-5-2-6-17-28/h1-26H/i2D,5D,6D,16D,17D. The molecule has 0 fully saturated rings. The van der Waals surface area contributed by atoms with Gasteiger partial charge in [0.15, 0.2) is 0 Å². The Morgan fingerprint density at radius 2 is 1.07 bits per heavy atom. The summed E-state index contributed by atoms with van der Waals surface area (Å²) in [6.07, 6.45) is 0. The second-order valence-electron chi connectivity index (χ2n) is 10.0. The van der Waals surface area contributed by atoms with Crippen molar-refractivity contribution in [1.82, 2.24) is 9.55 Å². The maximum atomic E-state index is 8.84. The zero-order chi connectivity index (χ0) is 31.5. The average molecular weight is 528 g/mol. The number of nitrogens with zero attached hydrogens (tertiary/aromatic N) is 2. The highest BCUT2D eigenvalue weighted by molar-refractivity contribution is 6.19. The van der Waals surface area contributed by atoms with Crippen molar-refractivity contribution in [2.75, 3.05) is 0 Å². The summed E-state index contributed by atoms with van der Waals surface area (Å²) in [5.41, 5.74) is 6.79. The molecule has 0 aliphatic heterocycles. The van der Waals surface area contributed by atoms with Crippen LogP contribution < -0.4 is 0 Å². The molecule has 192 valence electrons. The maximum Gasteiger partial charge on any atom is 0.145 e. The van der Waals surface area contributed by atoms with E-state index in [1.165, 1.54) is 0 Å². The van der Waals surface area contributed by atoms with Gasteiger partial charge in [-0.15, -0.1) is 0 Å². The van der Waals surface area contributed by atoms with E-state index in [2.05, 4.69) is 60.7 Å². The number of hydrogen-bond acceptors (Lipinski definition) is 1. The van der Waals surface area contributed by atoms with Crippen molar-refractivity contribution in [3.05, 3.63) is 158 Å². The Hall–Kier alpha value is -5.47. The number of rotatable bonds is 4. The van der Waals surface area contributed by atoms with Crippen molar-refractivity contribution < 1.29 is 6.85 Å². The molecule has 0 spiro atoms. The van der Waals surface area contributed by atoms with E-state index >= 15 is 0 Å². The Kier molecular flexibility index (Phi) is 4.40. The summed E-state index contributed by atoms with van der Waals surface area (Å²) in [4.78, 5) is 4.93. The Balaban J connectivity index is 1.51. The molecule has 1 aromatic heterocycles. The van der Waals surface area contributed by atoms with Crippen LogP contribution in [0.5, 0.6) is 0 Å². The first kappa shape index (κ1) is 18.8. The van der Waals surface area contributed by atoms with Crippen LogP contribution in [0.25, 0.3) is 71.9 Å². The molecule has 0 aliphatic rings. The third kappa shape index (κ3) is 3.84. The van der Waals surface area contributed by atoms with Crippen LogP contribution in [-0.4, -0.2) is 9.55 Å². The summed E-state index contributed by atoms with van der Waals surface area (Å²) < 4.78 is 44.7. The normalized spacial score (nSPS) is 13.1. The first-order valence-corrected chi connectivity index (χ1v) is 13.6. The Labute approximate surface area is 245 Å². The van der Waals surface area contributed by atoms with Gasteiger partial charge in [-0.3, -0.25) is 4.57 Å². The SMILES string of the molecule is [2H]c1c([2H])c([2H])c(-c2nc3ccccc3n2-c2c3ccccc3c(-c3cccc(-c4ccccc4)c3)c3ccccc23)c([2H])c1[2H]. The lowest BCUT2D eigenvalue weighted by atomic mass is 9.89. The topological polar surface area (TPSA) is 17.8 Å². The fourth-order valence-corrected chi connectivity index (χ4v) is 5.92. The van der Waals surface area contributed by atoms with Crippen molar-refractivity contribution in [1.29, 1.82) is 0 Å². The van der Waals surface area contributed by atoms with Crippen molar-refractivity contribution in [2.24, 2.45) is 0 Å². The zero-order valence-corrected chi connectivity index (χ0v) is 22.0. The van der Waals surface area contributed by atoms with Crippen LogP contribution in [0.15, 0.2) is 158 Å². The minimum atomic E-state index is -0.431. The maximum absolute atomic E-state index is 8.84. The summed E-state index contributed by atoms with van der Waals surface area (Å²) in [5, 5.41) is 3.98. The van der Waals surface area contributed by atoms with E-state index in [4.69, 9.17) is 11.8 Å². The molecule has 8 rings (SSSR count). The minimum Gasteiger partial charge on any atom is -0.291 e. The molecule has 0 saturated carbocycles. The molecule has 0 bridgehead atoms. The molecule has 7 aromatic carbocycles. The smallest absolute Gasteiger partial charge is 0.145 e. The summed E-state index contributed by atoms with van der Waals surface area (Å²) in [6.45, 7) is 0. The van der Waals surface area contributed by atoms with Crippen LogP contribution in [0, 0.1) is 0 Å². The number of hydrogen-bond donors (Lipinski definition) is 0. The van der Waals surface area contributed by atoms with Gasteiger partial charge in [0.2, 0.25) is 0 Å². The lowest BCUT2D eigenvalue weighted by molar-refractivity contribution is 1.13. The van der Waals surface area contributed by atoms with E-state index in [1.54, 1.807) is 0 Å². The first-order valence-electron chi connectivity index (χ1n) is 16.1. The molecular weight excluding hydrogens is 496 g/mol. The van der Waals surface area contributed by atoms with Crippen molar-refractivity contribution >= 4 is 32.6 Å². The fourth-order valence-electron chi connectivity index (χ4n) is 5.92. The third-order valence-corrected chi connectivity index (χ3v) is 7.67. The molecule has 0 amide bonds. The molecule has 0 aliphatic carbocycles. The largest absolute Gasteiger partial charge is 0.291 e. The van der Waals surface area contributed by atoms with Gasteiger partial charge in [0.1, 0.15) is 5.82 Å². The first-order chi connectivity index (χ1) is 22.4. The number of benzene rings is 7. The molecule has 1 heterocycles. The highest BCUT2D eigenvalue weighted by atomic mass is 15.1. The van der Waals surface area contributed by atoms with Crippen LogP contribution in [0.2, 0.25) is 0 Å². The molecule has 8 aromatic rings. The zero-order valence-electron chi connectivity index (χ0n) is 27.0. The van der Waals surface area contributed by atoms with Gasteiger partial charge in [-0.25, -0.2) is 4.98 Å². The van der Waals surface area contributed by atoms with Crippen molar-refractivity contribution in [3.63, 3.8) is 0 Å². The second kappa shape index (κ2) is 9.62. The Bertz CT molecular complexity index is 2400. The van der Waals surface area contributed by atoms with Gasteiger partial charge >= 0.3 is 0 Å². The number of para-hydroxylation sites is 2. The lowest BCUT2D eigenvalue weighted by Gasteiger charge is -2.20. The van der Waals surface area contributed by atoms with Crippen LogP contribution in [0.3, 0.4) is 0 Å². The molecule has 0 atom stereocenters. The third-order valence-electron chi connectivity index (χ3n) is 7.67. The van der Waals surface area contributed by atoms with Crippen LogP contribution in [-0.2, 0) is 0 Å². The molecular formula is C39H26N2. The van der Waals surface area contributed by atoms with E-state index < -0.39 is 18.1 Å². The van der Waals surface area contributed by atoms with Gasteiger partial charge in [-0.2, -0.15) is 0 Å². The molecule has 0 saturated heterocycles. The van der Waals surface area contributed by atoms with Gasteiger partial charge in [0, 0.05) is 16.3 Å². The molecule has 41 heavy (non-hydrogen) atoms. The Morgan fingerprint density at radius 1 is 0.488 bits per heavy atom. The van der Waals surface area contributed by atoms with Gasteiger partial charge in [-0.05, 0) is 51.2 Å². The fraction of sp³-hybridized carbons (Fsp3) is 0. The second-order valence-corrected chi connectivity index (χ2v) is 10.0. The van der Waals surface area contributed by atoms with Gasteiger partial charge in [-0.1, -0.05) is 139 Å². The van der Waals surface area contributed by atoms with E-state index in [9.17, 15) is 0 Å². The summed E-state index contributed by atoms with van der Waals surface area (Å²) in [6, 6.07) is 41.3. The molecule has 0 radical (unpaired) electrons. The van der Waals surface area contributed by atoms with Crippen LogP contribution in [0.1, 0.15) is 6.85 Å². The lowest BCUT2D eigenvalue weighted by Crippen LogP contribution is -2.01. The quantitative estimate of drug-likeness (QED) is 0.208. The van der Waals surface area contributed by atoms with Crippen molar-refractivity contribution in [3.8, 4) is 39.3 Å². The number of fused-ring (bicyclic) bond motifs is 3. The highest BCUT2D eigenvalue weighted by Crippen LogP contribution is 2.43. The van der Waals surface area contributed by atoms with E-state index in [0.717, 1.165) is 55.0 Å². The number of imidazole rings is 1. The van der Waals surface area contributed by atoms with E-state index in [0.29, 0.717) is 11.3 Å². The van der Waals surface area contributed by atoms with E-state index in [1.807, 2.05) is 71.3 Å². The van der Waals surface area contributed by atoms with Crippen LogP contribution in [0.4, 0.5) is 0 Å². The average Bonchev–Trinajstić information content (AvgIpc) is 3.47. The Morgan fingerprint density at radius 3 is 1.80 bits per heavy atom. The van der Waals surface area contributed by atoms with Gasteiger partial charge in [0.05, 0.1) is 23.6 Å². The monoisotopic (exact) mass is 527 g/mol. The van der Waals surface area contributed by atoms with E-state index in [-0.39, 0.29) is 17.6 Å². The van der Waals surface area contributed by atoms with Gasteiger partial charge in [0.25, 0.3) is 0 Å². The predicted molar refractivity (Wildman–Crippen MR) is 172 cm³/mol. The summed E-state index contributed by atoms with van der Waals surface area (Å²) in [7, 11) is 0. The molecule has 0 unspecified atom stereocenters. The predicted octanol–water partition coefficient (Wildman–Crippen LogP) is 10.3. The molecule has 2 heteroatoms. The summed E-state index contributed by atoms with van der Waals surface area (Å²) in [5.74, 6) is 0.298. The van der Waals surface area contributed by atoms with Crippen LogP contribution >= 0.6 is 0 Å². The number of aromatic nitrogens is 2. The molecule has 0 N–H and O–H groups in total. The minimum absolute atomic E-state index is 0.0648. The summed E-state index contributed by atoms with van der Waals surface area (Å²) >= 11 is 0. The molecule has 2 nitrogen and oxygen atoms in total. The highest BCUT2D eigenvalue weighted by Gasteiger charge is 2.21.